The molecule has 0 radical (unpaired) electrons. The van der Waals surface area contributed by atoms with Crippen molar-refractivity contribution in [3.05, 3.63) is 23.8 Å². The maximum atomic E-state index is 12.5. The zero-order valence-corrected chi connectivity index (χ0v) is 14.3. The Bertz CT molecular complexity index is 627. The molecule has 1 N–H and O–H groups in total. The van der Waals surface area contributed by atoms with Crippen LogP contribution in [0.2, 0.25) is 0 Å². The average molecular weight is 314 g/mol. The van der Waals surface area contributed by atoms with Crippen molar-refractivity contribution in [2.75, 3.05) is 16.8 Å². The molecule has 1 heterocycles. The molecule has 0 spiro atoms. The number of nitrogens with zero attached hydrogens (tertiary/aromatic N) is 1. The van der Waals surface area contributed by atoms with Crippen LogP contribution in [0.25, 0.3) is 0 Å². The molecular weight excluding hydrogens is 288 g/mol. The van der Waals surface area contributed by atoms with Gasteiger partial charge in [0.2, 0.25) is 11.8 Å². The van der Waals surface area contributed by atoms with Crippen LogP contribution < -0.4 is 10.2 Å². The predicted molar refractivity (Wildman–Crippen MR) is 92.5 cm³/mol. The van der Waals surface area contributed by atoms with E-state index in [1.165, 1.54) is 5.56 Å². The molecule has 0 unspecified atom stereocenters. The lowest BCUT2D eigenvalue weighted by atomic mass is 9.92. The molecule has 4 nitrogen and oxygen atoms in total. The molecule has 1 aromatic rings. The van der Waals surface area contributed by atoms with Gasteiger partial charge in [0.15, 0.2) is 0 Å². The van der Waals surface area contributed by atoms with Gasteiger partial charge in [0.25, 0.3) is 0 Å². The first-order valence-electron chi connectivity index (χ1n) is 8.58. The van der Waals surface area contributed by atoms with Crippen LogP contribution >= 0.6 is 0 Å². The smallest absolute Gasteiger partial charge is 0.230 e. The van der Waals surface area contributed by atoms with E-state index in [-0.39, 0.29) is 23.1 Å². The predicted octanol–water partition coefficient (Wildman–Crippen LogP) is 3.75. The van der Waals surface area contributed by atoms with Crippen molar-refractivity contribution in [3.63, 3.8) is 0 Å². The number of amides is 2. The van der Waals surface area contributed by atoms with Crippen molar-refractivity contribution in [3.8, 4) is 0 Å². The summed E-state index contributed by atoms with van der Waals surface area (Å²) < 4.78 is 0. The molecule has 1 saturated carbocycles. The number of benzene rings is 1. The first kappa shape index (κ1) is 16.0. The van der Waals surface area contributed by atoms with Crippen LogP contribution in [0.3, 0.4) is 0 Å². The van der Waals surface area contributed by atoms with Crippen LogP contribution in [0.4, 0.5) is 11.4 Å². The summed E-state index contributed by atoms with van der Waals surface area (Å²) in [5, 5.41) is 2.98. The molecule has 0 aromatic heterocycles. The molecule has 1 aliphatic carbocycles. The highest BCUT2D eigenvalue weighted by atomic mass is 16.2. The van der Waals surface area contributed by atoms with Crippen molar-refractivity contribution < 1.29 is 9.59 Å². The number of anilines is 2. The monoisotopic (exact) mass is 314 g/mol. The van der Waals surface area contributed by atoms with Gasteiger partial charge in [-0.2, -0.15) is 0 Å². The zero-order valence-electron chi connectivity index (χ0n) is 14.3. The summed E-state index contributed by atoms with van der Waals surface area (Å²) in [6.45, 7) is 6.95. The van der Waals surface area contributed by atoms with Gasteiger partial charge >= 0.3 is 0 Å². The lowest BCUT2D eigenvalue weighted by Crippen LogP contribution is -2.36. The van der Waals surface area contributed by atoms with Crippen LogP contribution in [0.5, 0.6) is 0 Å². The standard InChI is InChI=1S/C19H26N2O2/c1-19(2,3)12-17(22)20-15-9-8-13-5-4-10-21(16(13)11-15)18(23)14-6-7-14/h8-9,11,14H,4-7,10,12H2,1-3H3,(H,20,22). The number of hydrogen-bond acceptors (Lipinski definition) is 2. The van der Waals surface area contributed by atoms with Gasteiger partial charge in [0.05, 0.1) is 0 Å². The van der Waals surface area contributed by atoms with Crippen molar-refractivity contribution in [1.29, 1.82) is 0 Å². The van der Waals surface area contributed by atoms with Gasteiger partial charge in [0.1, 0.15) is 0 Å². The lowest BCUT2D eigenvalue weighted by Gasteiger charge is -2.30. The van der Waals surface area contributed by atoms with E-state index in [0.29, 0.717) is 6.42 Å². The van der Waals surface area contributed by atoms with E-state index in [4.69, 9.17) is 0 Å². The quantitative estimate of drug-likeness (QED) is 0.923. The minimum atomic E-state index is -0.0355. The Morgan fingerprint density at radius 3 is 2.65 bits per heavy atom. The van der Waals surface area contributed by atoms with Crippen molar-refractivity contribution in [2.24, 2.45) is 11.3 Å². The van der Waals surface area contributed by atoms with Gasteiger partial charge in [0, 0.05) is 30.3 Å². The molecule has 3 rings (SSSR count). The van der Waals surface area contributed by atoms with Crippen molar-refractivity contribution in [1.82, 2.24) is 0 Å². The summed E-state index contributed by atoms with van der Waals surface area (Å²) in [6.07, 6.45) is 4.54. The summed E-state index contributed by atoms with van der Waals surface area (Å²) in [5.74, 6) is 0.498. The highest BCUT2D eigenvalue weighted by Gasteiger charge is 2.35. The molecule has 124 valence electrons. The lowest BCUT2D eigenvalue weighted by molar-refractivity contribution is -0.120. The Morgan fingerprint density at radius 1 is 1.26 bits per heavy atom. The summed E-state index contributed by atoms with van der Waals surface area (Å²) in [7, 11) is 0. The third-order valence-corrected chi connectivity index (χ3v) is 4.37. The largest absolute Gasteiger partial charge is 0.326 e. The molecule has 2 amide bonds. The Balaban J connectivity index is 1.78. The molecule has 23 heavy (non-hydrogen) atoms. The fourth-order valence-corrected chi connectivity index (χ4v) is 3.12. The summed E-state index contributed by atoms with van der Waals surface area (Å²) in [4.78, 5) is 26.5. The number of fused-ring (bicyclic) bond motifs is 1. The van der Waals surface area contributed by atoms with Crippen LogP contribution in [0.1, 0.15) is 52.0 Å². The number of hydrogen-bond donors (Lipinski definition) is 1. The number of aryl methyl sites for hydroxylation is 1. The molecule has 4 heteroatoms. The van der Waals surface area contributed by atoms with Gasteiger partial charge in [-0.3, -0.25) is 9.59 Å². The maximum Gasteiger partial charge on any atom is 0.230 e. The van der Waals surface area contributed by atoms with Crippen molar-refractivity contribution in [2.45, 2.75) is 52.9 Å². The minimum Gasteiger partial charge on any atom is -0.326 e. The number of carbonyl (C=O) groups excluding carboxylic acids is 2. The second kappa shape index (κ2) is 5.99. The fourth-order valence-electron chi connectivity index (χ4n) is 3.12. The molecule has 1 aromatic carbocycles. The Labute approximate surface area is 138 Å². The summed E-state index contributed by atoms with van der Waals surface area (Å²) in [6, 6.07) is 5.97. The topological polar surface area (TPSA) is 49.4 Å². The average Bonchev–Trinajstić information content (AvgIpc) is 3.28. The number of nitrogens with one attached hydrogen (secondary N) is 1. The summed E-state index contributed by atoms with van der Waals surface area (Å²) >= 11 is 0. The molecule has 0 bridgehead atoms. The Morgan fingerprint density at radius 2 is 2.00 bits per heavy atom. The molecule has 1 aliphatic heterocycles. The van der Waals surface area contributed by atoms with Crippen LogP contribution in [-0.4, -0.2) is 18.4 Å². The normalized spacial score (nSPS) is 17.6. The first-order chi connectivity index (χ1) is 10.8. The Hall–Kier alpha value is -1.84. The fraction of sp³-hybridized carbons (Fsp3) is 0.579. The maximum absolute atomic E-state index is 12.5. The molecule has 2 aliphatic rings. The number of rotatable bonds is 3. The number of carbonyl (C=O) groups is 2. The van der Waals surface area contributed by atoms with E-state index < -0.39 is 0 Å². The van der Waals surface area contributed by atoms with Gasteiger partial charge in [-0.05, 0) is 48.8 Å². The minimum absolute atomic E-state index is 0.0216. The highest BCUT2D eigenvalue weighted by molar-refractivity contribution is 5.99. The third-order valence-electron chi connectivity index (χ3n) is 4.37. The molecule has 1 fully saturated rings. The van der Waals surface area contributed by atoms with Gasteiger partial charge in [-0.15, -0.1) is 0 Å². The third kappa shape index (κ3) is 3.92. The first-order valence-corrected chi connectivity index (χ1v) is 8.58. The van der Waals surface area contributed by atoms with E-state index in [0.717, 1.165) is 43.6 Å². The van der Waals surface area contributed by atoms with Gasteiger partial charge < -0.3 is 10.2 Å². The molecular formula is C19H26N2O2. The van der Waals surface area contributed by atoms with Gasteiger partial charge in [-0.25, -0.2) is 0 Å². The van der Waals surface area contributed by atoms with E-state index in [2.05, 4.69) is 26.1 Å². The zero-order chi connectivity index (χ0) is 16.6. The van der Waals surface area contributed by atoms with Crippen LogP contribution in [0.15, 0.2) is 18.2 Å². The van der Waals surface area contributed by atoms with E-state index in [1.54, 1.807) is 0 Å². The molecule has 0 atom stereocenters. The Kier molecular flexibility index (Phi) is 4.17. The van der Waals surface area contributed by atoms with Gasteiger partial charge in [-0.1, -0.05) is 26.8 Å². The highest BCUT2D eigenvalue weighted by Crippen LogP contribution is 2.37. The van der Waals surface area contributed by atoms with E-state index in [9.17, 15) is 9.59 Å². The second-order valence-electron chi connectivity index (χ2n) is 8.00. The second-order valence-corrected chi connectivity index (χ2v) is 8.00. The van der Waals surface area contributed by atoms with E-state index in [1.807, 2.05) is 23.1 Å². The SMILES string of the molecule is CC(C)(C)CC(=O)Nc1ccc2c(c1)N(C(=O)C1CC1)CCC2. The molecule has 0 saturated heterocycles. The summed E-state index contributed by atoms with van der Waals surface area (Å²) in [5.41, 5.74) is 2.95. The van der Waals surface area contributed by atoms with Crippen LogP contribution in [-0.2, 0) is 16.0 Å². The van der Waals surface area contributed by atoms with Crippen molar-refractivity contribution >= 4 is 23.2 Å². The van der Waals surface area contributed by atoms with E-state index >= 15 is 0 Å². The van der Waals surface area contributed by atoms with Crippen LogP contribution in [0, 0.1) is 11.3 Å².